The van der Waals surface area contributed by atoms with Gasteiger partial charge in [-0.3, -0.25) is 10.1 Å². The number of aliphatic hydroxyl groups excluding tert-OH is 1. The second kappa shape index (κ2) is 18.0. The van der Waals surface area contributed by atoms with Crippen LogP contribution in [0.5, 0.6) is 11.5 Å². The fourth-order valence-electron chi connectivity index (χ4n) is 6.68. The molecular weight excluding hydrogens is 768 g/mol. The Morgan fingerprint density at radius 3 is 2.42 bits per heavy atom. The van der Waals surface area contributed by atoms with E-state index in [0.29, 0.717) is 62.6 Å². The second-order valence-electron chi connectivity index (χ2n) is 13.4. The third-order valence-electron chi connectivity index (χ3n) is 9.75. The third-order valence-corrected chi connectivity index (χ3v) is 12.0. The maximum atomic E-state index is 13.3. The summed E-state index contributed by atoms with van der Waals surface area (Å²) in [5, 5.41) is 43.0. The number of amides is 1. The highest BCUT2D eigenvalue weighted by molar-refractivity contribution is 7.12. The zero-order valence-corrected chi connectivity index (χ0v) is 32.6. The number of phenolic OH excluding ortho intramolecular Hbond substituents is 1. The quantitative estimate of drug-likeness (QED) is 0.0671. The molecule has 3 aromatic heterocycles. The Morgan fingerprint density at radius 2 is 1.76 bits per heavy atom. The minimum Gasteiger partial charge on any atom is -0.506 e. The van der Waals surface area contributed by atoms with E-state index in [1.165, 1.54) is 41.9 Å². The number of methoxy groups -OCH3 is 1. The Bertz CT molecular complexity index is 2100. The molecule has 2 aromatic carbocycles. The van der Waals surface area contributed by atoms with Crippen molar-refractivity contribution in [1.82, 2.24) is 15.2 Å². The fraction of sp³-hybridized carbons (Fsp3) is 0.359. The van der Waals surface area contributed by atoms with Crippen LogP contribution in [0.2, 0.25) is 5.02 Å². The lowest BCUT2D eigenvalue weighted by atomic mass is 9.91. The second-order valence-corrected chi connectivity index (χ2v) is 15.7. The van der Waals surface area contributed by atoms with Gasteiger partial charge in [-0.15, -0.1) is 22.7 Å². The van der Waals surface area contributed by atoms with E-state index in [2.05, 4.69) is 20.5 Å². The predicted molar refractivity (Wildman–Crippen MR) is 212 cm³/mol. The molecule has 0 radical (unpaired) electrons. The standard InChI is InChI=1S/C39H43ClN4O9S2/c1-44(26-8-10-27(11-9-26)53-37(48)39(50,33-5-3-15-54-33)34-6-4-16-55-34)13-14-52-38(49)42-29-20-32(51-2)25(18-28(29)40)21-41-22-31(46)24-17-23-7-12-35(47)43-36(23)30(45)19-24/h3-7,12,15-20,26-27,31,41,45-46,50H,8-11,13-14,21-22H2,1-2H3,(H,42,49)(H,43,47)/t26?,27?,31-/m0/s1. The van der Waals surface area contributed by atoms with E-state index in [9.17, 15) is 29.7 Å². The number of fused-ring (bicyclic) bond motifs is 1. The van der Waals surface area contributed by atoms with Gasteiger partial charge in [0.15, 0.2) is 0 Å². The minimum absolute atomic E-state index is 0.137. The molecule has 0 unspecified atom stereocenters. The average Bonchev–Trinajstić information content (AvgIpc) is 3.92. The summed E-state index contributed by atoms with van der Waals surface area (Å²) in [6.07, 6.45) is 0.928. The van der Waals surface area contributed by atoms with Crippen molar-refractivity contribution in [1.29, 1.82) is 0 Å². The van der Waals surface area contributed by atoms with E-state index in [0.717, 1.165) is 12.8 Å². The van der Waals surface area contributed by atoms with E-state index in [1.807, 2.05) is 17.8 Å². The highest BCUT2D eigenvalue weighted by Gasteiger charge is 2.45. The van der Waals surface area contributed by atoms with E-state index in [1.54, 1.807) is 48.5 Å². The SMILES string of the molecule is COc1cc(NC(=O)OCCN(C)C2CCC(OC(=O)C(O)(c3cccs3)c3cccs3)CC2)c(Cl)cc1CNC[C@H](O)c1cc(O)c2[nH]c(=O)ccc2c1. The van der Waals surface area contributed by atoms with Crippen LogP contribution in [0, 0.1) is 0 Å². The molecule has 1 fully saturated rings. The van der Waals surface area contributed by atoms with Crippen molar-refractivity contribution < 1.29 is 39.1 Å². The van der Waals surface area contributed by atoms with Gasteiger partial charge in [-0.2, -0.15) is 0 Å². The molecule has 55 heavy (non-hydrogen) atoms. The molecule has 1 atom stereocenters. The summed E-state index contributed by atoms with van der Waals surface area (Å²) < 4.78 is 16.9. The molecule has 0 bridgehead atoms. The summed E-state index contributed by atoms with van der Waals surface area (Å²) in [6.45, 7) is 1.05. The molecule has 0 aliphatic heterocycles. The highest BCUT2D eigenvalue weighted by Crippen LogP contribution is 2.38. The Labute approximate surface area is 330 Å². The van der Waals surface area contributed by atoms with Gasteiger partial charge in [-0.25, -0.2) is 9.59 Å². The number of carbonyl (C=O) groups excluding carboxylic acids is 2. The van der Waals surface area contributed by atoms with Crippen molar-refractivity contribution >= 4 is 62.9 Å². The van der Waals surface area contributed by atoms with Crippen LogP contribution < -0.4 is 20.9 Å². The number of phenols is 1. The maximum absolute atomic E-state index is 13.3. The lowest BCUT2D eigenvalue weighted by molar-refractivity contribution is -0.169. The molecule has 6 N–H and O–H groups in total. The van der Waals surface area contributed by atoms with Gasteiger partial charge in [0.1, 0.15) is 24.2 Å². The number of nitrogens with zero attached hydrogens (tertiary/aromatic N) is 1. The van der Waals surface area contributed by atoms with Crippen molar-refractivity contribution in [3.63, 3.8) is 0 Å². The summed E-state index contributed by atoms with van der Waals surface area (Å²) in [4.78, 5) is 43.4. The van der Waals surface area contributed by atoms with Crippen molar-refractivity contribution in [2.45, 2.75) is 56.1 Å². The third kappa shape index (κ3) is 9.50. The first-order chi connectivity index (χ1) is 26.5. The summed E-state index contributed by atoms with van der Waals surface area (Å²) in [6, 6.07) is 16.6. The van der Waals surface area contributed by atoms with Gasteiger partial charge in [0.05, 0.1) is 39.2 Å². The number of anilines is 1. The monoisotopic (exact) mass is 810 g/mol. The number of thiophene rings is 2. The van der Waals surface area contributed by atoms with Crippen LogP contribution in [0.1, 0.15) is 52.7 Å². The molecule has 292 valence electrons. The molecular formula is C39H43ClN4O9S2. The van der Waals surface area contributed by atoms with Gasteiger partial charge >= 0.3 is 12.1 Å². The normalized spacial score (nSPS) is 16.5. The molecule has 1 saturated carbocycles. The Kier molecular flexibility index (Phi) is 13.1. The summed E-state index contributed by atoms with van der Waals surface area (Å²) in [5.74, 6) is -0.339. The fourth-order valence-corrected chi connectivity index (χ4v) is 8.63. The summed E-state index contributed by atoms with van der Waals surface area (Å²) in [7, 11) is 3.46. The number of carbonyl (C=O) groups is 2. The van der Waals surface area contributed by atoms with Gasteiger partial charge in [0, 0.05) is 48.8 Å². The summed E-state index contributed by atoms with van der Waals surface area (Å²) >= 11 is 9.15. The zero-order chi connectivity index (χ0) is 39.1. The molecule has 3 heterocycles. The molecule has 5 aromatic rings. The van der Waals surface area contributed by atoms with E-state index in [4.69, 9.17) is 25.8 Å². The lowest BCUT2D eigenvalue weighted by Gasteiger charge is -2.35. The van der Waals surface area contributed by atoms with Crippen LogP contribution in [0.4, 0.5) is 10.5 Å². The number of pyridine rings is 1. The molecule has 0 saturated heterocycles. The average molecular weight is 811 g/mol. The van der Waals surface area contributed by atoms with Crippen molar-refractivity contribution in [3.8, 4) is 11.5 Å². The van der Waals surface area contributed by atoms with Crippen LogP contribution >= 0.6 is 34.3 Å². The predicted octanol–water partition coefficient (Wildman–Crippen LogP) is 6.11. The maximum Gasteiger partial charge on any atom is 0.411 e. The number of esters is 1. The van der Waals surface area contributed by atoms with E-state index < -0.39 is 23.8 Å². The molecule has 13 nitrogen and oxygen atoms in total. The summed E-state index contributed by atoms with van der Waals surface area (Å²) in [5.41, 5.74) is -0.400. The number of aromatic nitrogens is 1. The van der Waals surface area contributed by atoms with Gasteiger partial charge in [0.25, 0.3) is 0 Å². The largest absolute Gasteiger partial charge is 0.506 e. The van der Waals surface area contributed by atoms with Crippen LogP contribution in [0.3, 0.4) is 0 Å². The first-order valence-electron chi connectivity index (χ1n) is 17.7. The van der Waals surface area contributed by atoms with Crippen LogP contribution in [0.25, 0.3) is 10.9 Å². The Balaban J connectivity index is 0.933. The Morgan fingerprint density at radius 1 is 1.05 bits per heavy atom. The molecule has 0 spiro atoms. The zero-order valence-electron chi connectivity index (χ0n) is 30.2. The number of rotatable bonds is 15. The number of H-pyrrole nitrogens is 1. The van der Waals surface area contributed by atoms with E-state index >= 15 is 0 Å². The molecule has 6 rings (SSSR count). The van der Waals surface area contributed by atoms with Gasteiger partial charge < -0.3 is 44.7 Å². The number of nitrogens with one attached hydrogen (secondary N) is 3. The first-order valence-corrected chi connectivity index (χ1v) is 19.9. The Hall–Kier alpha value is -4.48. The van der Waals surface area contributed by atoms with Crippen molar-refractivity contribution in [3.05, 3.63) is 108 Å². The number of likely N-dealkylation sites (N-methyl/N-ethyl adjacent to an activating group) is 1. The number of aromatic amines is 1. The number of aliphatic hydroxyl groups is 2. The van der Waals surface area contributed by atoms with Crippen molar-refractivity contribution in [2.75, 3.05) is 39.2 Å². The molecule has 1 aliphatic carbocycles. The van der Waals surface area contributed by atoms with Crippen LogP contribution in [-0.2, 0) is 26.4 Å². The smallest absolute Gasteiger partial charge is 0.411 e. The number of aromatic hydroxyl groups is 1. The van der Waals surface area contributed by atoms with E-state index in [-0.39, 0.29) is 48.2 Å². The van der Waals surface area contributed by atoms with Crippen LogP contribution in [-0.4, -0.2) is 83.3 Å². The number of hydrogen-bond acceptors (Lipinski definition) is 13. The van der Waals surface area contributed by atoms with Gasteiger partial charge in [0.2, 0.25) is 11.2 Å². The first kappa shape index (κ1) is 40.2. The van der Waals surface area contributed by atoms with Gasteiger partial charge in [-0.05, 0) is 85.5 Å². The minimum atomic E-state index is -1.83. The van der Waals surface area contributed by atoms with Crippen molar-refractivity contribution in [2.24, 2.45) is 0 Å². The molecule has 1 aliphatic rings. The molecule has 1 amide bonds. The number of halogens is 1. The molecule has 16 heteroatoms. The number of ether oxygens (including phenoxy) is 3. The van der Waals surface area contributed by atoms with Gasteiger partial charge in [-0.1, -0.05) is 23.7 Å². The highest BCUT2D eigenvalue weighted by atomic mass is 35.5. The number of benzene rings is 2. The number of hydrogen-bond donors (Lipinski definition) is 6. The topological polar surface area (TPSA) is 183 Å². The lowest BCUT2D eigenvalue weighted by Crippen LogP contribution is -2.42. The van der Waals surface area contributed by atoms with Crippen LogP contribution in [0.15, 0.2) is 76.2 Å².